The molecule has 0 aliphatic carbocycles. The van der Waals surface area contributed by atoms with E-state index < -0.39 is 4.92 Å². The lowest BCUT2D eigenvalue weighted by Crippen LogP contribution is -2.06. The quantitative estimate of drug-likeness (QED) is 0.291. The van der Waals surface area contributed by atoms with E-state index in [2.05, 4.69) is 4.74 Å². The van der Waals surface area contributed by atoms with Crippen molar-refractivity contribution in [2.45, 2.75) is 6.61 Å². The lowest BCUT2D eigenvalue weighted by molar-refractivity contribution is -0.385. The summed E-state index contributed by atoms with van der Waals surface area (Å²) in [7, 11) is 2.76. The van der Waals surface area contributed by atoms with Gasteiger partial charge in [0.25, 0.3) is 5.69 Å². The van der Waals surface area contributed by atoms with E-state index in [1.807, 2.05) is 0 Å². The second kappa shape index (κ2) is 9.00. The van der Waals surface area contributed by atoms with E-state index >= 15 is 0 Å². The number of methoxy groups -OCH3 is 2. The molecule has 0 aliphatic rings. The largest absolute Gasteiger partial charge is 0.496 e. The van der Waals surface area contributed by atoms with E-state index in [0.717, 1.165) is 4.88 Å². The number of hydrogen-bond donors (Lipinski definition) is 0. The van der Waals surface area contributed by atoms with Crippen LogP contribution in [0.1, 0.15) is 14.5 Å². The van der Waals surface area contributed by atoms with Crippen molar-refractivity contribution in [2.24, 2.45) is 0 Å². The molecule has 0 saturated carbocycles. The highest BCUT2D eigenvalue weighted by Gasteiger charge is 2.11. The van der Waals surface area contributed by atoms with Gasteiger partial charge in [-0.25, -0.2) is 4.79 Å². The Balaban J connectivity index is 1.79. The van der Waals surface area contributed by atoms with Crippen LogP contribution in [0.25, 0.3) is 0 Å². The highest BCUT2D eigenvalue weighted by molar-refractivity contribution is 7.13. The van der Waals surface area contributed by atoms with Gasteiger partial charge in [0.15, 0.2) is 0 Å². The highest BCUT2D eigenvalue weighted by Crippen LogP contribution is 2.27. The van der Waals surface area contributed by atoms with E-state index in [1.54, 1.807) is 18.2 Å². The molecule has 1 aromatic heterocycles. The standard InChI is InChI=1S/C16H17NO7S/c1-21-12-7-11(17(19)20)8-13(9-12)24-6-5-23-10-14-3-4-15(25-14)16(18)22-2/h3-4,7-9H,5-6,10H2,1-2H3. The van der Waals surface area contributed by atoms with Gasteiger partial charge in [0, 0.05) is 10.9 Å². The maximum atomic E-state index is 11.4. The van der Waals surface area contributed by atoms with Gasteiger partial charge in [-0.1, -0.05) is 0 Å². The van der Waals surface area contributed by atoms with E-state index in [1.165, 1.54) is 37.7 Å². The fourth-order valence-corrected chi connectivity index (χ4v) is 2.78. The Morgan fingerprint density at radius 3 is 2.60 bits per heavy atom. The molecule has 8 nitrogen and oxygen atoms in total. The molecule has 134 valence electrons. The summed E-state index contributed by atoms with van der Waals surface area (Å²) >= 11 is 1.30. The van der Waals surface area contributed by atoms with Crippen LogP contribution in [0.3, 0.4) is 0 Å². The molecule has 1 heterocycles. The number of thiophene rings is 1. The molecule has 25 heavy (non-hydrogen) atoms. The minimum atomic E-state index is -0.512. The van der Waals surface area contributed by atoms with Gasteiger partial charge in [0.1, 0.15) is 23.0 Å². The van der Waals surface area contributed by atoms with Crippen molar-refractivity contribution in [3.05, 3.63) is 50.2 Å². The summed E-state index contributed by atoms with van der Waals surface area (Å²) < 4.78 is 20.6. The van der Waals surface area contributed by atoms with Crippen LogP contribution in [-0.4, -0.2) is 38.3 Å². The van der Waals surface area contributed by atoms with Crippen LogP contribution < -0.4 is 9.47 Å². The number of nitro benzene ring substituents is 1. The number of carbonyl (C=O) groups excluding carboxylic acids is 1. The second-order valence-electron chi connectivity index (χ2n) is 4.78. The third kappa shape index (κ3) is 5.44. The summed E-state index contributed by atoms with van der Waals surface area (Å²) in [6, 6.07) is 7.68. The monoisotopic (exact) mass is 367 g/mol. The zero-order chi connectivity index (χ0) is 18.2. The summed E-state index contributed by atoms with van der Waals surface area (Å²) in [5.41, 5.74) is -0.107. The van der Waals surface area contributed by atoms with Crippen molar-refractivity contribution in [1.82, 2.24) is 0 Å². The summed E-state index contributed by atoms with van der Waals surface area (Å²) in [6.45, 7) is 0.847. The van der Waals surface area contributed by atoms with Crippen LogP contribution in [0.2, 0.25) is 0 Å². The molecular weight excluding hydrogens is 350 g/mol. The highest BCUT2D eigenvalue weighted by atomic mass is 32.1. The lowest BCUT2D eigenvalue weighted by atomic mass is 10.3. The van der Waals surface area contributed by atoms with E-state index in [4.69, 9.17) is 14.2 Å². The van der Waals surface area contributed by atoms with Crippen molar-refractivity contribution in [3.8, 4) is 11.5 Å². The number of ether oxygens (including phenoxy) is 4. The first kappa shape index (κ1) is 18.7. The average Bonchev–Trinajstić information content (AvgIpc) is 3.09. The zero-order valence-electron chi connectivity index (χ0n) is 13.7. The van der Waals surface area contributed by atoms with Gasteiger partial charge in [-0.3, -0.25) is 10.1 Å². The number of nitro groups is 1. The Kier molecular flexibility index (Phi) is 6.72. The molecule has 0 aliphatic heterocycles. The molecule has 0 fully saturated rings. The number of nitrogens with zero attached hydrogens (tertiary/aromatic N) is 1. The van der Waals surface area contributed by atoms with Crippen LogP contribution in [0.4, 0.5) is 5.69 Å². The molecular formula is C16H17NO7S. The third-order valence-electron chi connectivity index (χ3n) is 3.10. The molecule has 1 aromatic carbocycles. The van der Waals surface area contributed by atoms with Gasteiger partial charge in [0.2, 0.25) is 0 Å². The summed E-state index contributed by atoms with van der Waals surface area (Å²) in [5.74, 6) is 0.303. The molecule has 0 bridgehead atoms. The van der Waals surface area contributed by atoms with Gasteiger partial charge in [0.05, 0.1) is 44.5 Å². The molecule has 0 N–H and O–H groups in total. The minimum absolute atomic E-state index is 0.107. The van der Waals surface area contributed by atoms with Crippen molar-refractivity contribution in [3.63, 3.8) is 0 Å². The predicted molar refractivity (Wildman–Crippen MR) is 90.5 cm³/mol. The second-order valence-corrected chi connectivity index (χ2v) is 5.95. The van der Waals surface area contributed by atoms with Crippen LogP contribution >= 0.6 is 11.3 Å². The Morgan fingerprint density at radius 2 is 1.92 bits per heavy atom. The third-order valence-corrected chi connectivity index (χ3v) is 4.14. The molecule has 2 rings (SSSR count). The van der Waals surface area contributed by atoms with Gasteiger partial charge in [-0.05, 0) is 12.1 Å². The van der Waals surface area contributed by atoms with Gasteiger partial charge < -0.3 is 18.9 Å². The molecule has 9 heteroatoms. The molecule has 0 unspecified atom stereocenters. The fourth-order valence-electron chi connectivity index (χ4n) is 1.92. The maximum absolute atomic E-state index is 11.4. The van der Waals surface area contributed by atoms with Crippen LogP contribution in [0.15, 0.2) is 30.3 Å². The number of hydrogen-bond acceptors (Lipinski definition) is 8. The average molecular weight is 367 g/mol. The zero-order valence-corrected chi connectivity index (χ0v) is 14.5. The van der Waals surface area contributed by atoms with Gasteiger partial charge in [-0.2, -0.15) is 0 Å². The van der Waals surface area contributed by atoms with E-state index in [-0.39, 0.29) is 24.9 Å². The summed E-state index contributed by atoms with van der Waals surface area (Å²) in [4.78, 5) is 23.1. The Morgan fingerprint density at radius 1 is 1.16 bits per heavy atom. The molecule has 0 saturated heterocycles. The SMILES string of the molecule is COC(=O)c1ccc(COCCOc2cc(OC)cc([N+](=O)[O-])c2)s1. The Bertz CT molecular complexity index is 744. The smallest absolute Gasteiger partial charge is 0.348 e. The van der Waals surface area contributed by atoms with Crippen LogP contribution in [-0.2, 0) is 16.1 Å². The maximum Gasteiger partial charge on any atom is 0.348 e. The first-order valence-electron chi connectivity index (χ1n) is 7.24. The molecule has 0 radical (unpaired) electrons. The van der Waals surface area contributed by atoms with Crippen molar-refractivity contribution >= 4 is 23.0 Å². The first-order chi connectivity index (χ1) is 12.0. The number of esters is 1. The van der Waals surface area contributed by atoms with Crippen molar-refractivity contribution < 1.29 is 28.7 Å². The van der Waals surface area contributed by atoms with Gasteiger partial charge >= 0.3 is 5.97 Å². The molecule has 2 aromatic rings. The predicted octanol–water partition coefficient (Wildman–Crippen LogP) is 3.05. The molecule has 0 amide bonds. The van der Waals surface area contributed by atoms with E-state index in [9.17, 15) is 14.9 Å². The fraction of sp³-hybridized carbons (Fsp3) is 0.312. The topological polar surface area (TPSA) is 97.1 Å². The number of benzene rings is 1. The minimum Gasteiger partial charge on any atom is -0.496 e. The van der Waals surface area contributed by atoms with E-state index in [0.29, 0.717) is 23.0 Å². The lowest BCUT2D eigenvalue weighted by Gasteiger charge is -2.08. The summed E-state index contributed by atoms with van der Waals surface area (Å²) in [5, 5.41) is 10.9. The number of rotatable bonds is 9. The normalized spacial score (nSPS) is 10.3. The first-order valence-corrected chi connectivity index (χ1v) is 8.06. The molecule has 0 spiro atoms. The Labute approximate surface area is 148 Å². The molecule has 0 atom stereocenters. The van der Waals surface area contributed by atoms with Crippen molar-refractivity contribution in [1.29, 1.82) is 0 Å². The number of non-ortho nitro benzene ring substituents is 1. The van der Waals surface area contributed by atoms with Crippen LogP contribution in [0, 0.1) is 10.1 Å². The summed E-state index contributed by atoms with van der Waals surface area (Å²) in [6.07, 6.45) is 0. The van der Waals surface area contributed by atoms with Gasteiger partial charge in [-0.15, -0.1) is 11.3 Å². The number of carbonyl (C=O) groups is 1. The Hall–Kier alpha value is -2.65. The van der Waals surface area contributed by atoms with Crippen molar-refractivity contribution in [2.75, 3.05) is 27.4 Å². The van der Waals surface area contributed by atoms with Crippen LogP contribution in [0.5, 0.6) is 11.5 Å².